The fraction of sp³-hybridized carbons (Fsp3) is 0.500. The van der Waals surface area contributed by atoms with E-state index in [2.05, 4.69) is 0 Å². The molecule has 3 heteroatoms. The van der Waals surface area contributed by atoms with Gasteiger partial charge in [-0.1, -0.05) is 6.07 Å². The second-order valence-corrected chi connectivity index (χ2v) is 5.01. The molecule has 0 aromatic heterocycles. The predicted molar refractivity (Wildman–Crippen MR) is 63.3 cm³/mol. The SMILES string of the molecule is Cc1cc(F)ccc1CC1(O)CCC(=O)CC1. The van der Waals surface area contributed by atoms with Gasteiger partial charge in [0.2, 0.25) is 0 Å². The van der Waals surface area contributed by atoms with Crippen molar-refractivity contribution in [3.63, 3.8) is 0 Å². The maximum Gasteiger partial charge on any atom is 0.133 e. The van der Waals surface area contributed by atoms with Gasteiger partial charge in [-0.3, -0.25) is 4.79 Å². The first-order valence-corrected chi connectivity index (χ1v) is 5.98. The zero-order valence-electron chi connectivity index (χ0n) is 10.0. The molecule has 1 aromatic carbocycles. The molecule has 0 spiro atoms. The van der Waals surface area contributed by atoms with E-state index in [1.54, 1.807) is 6.07 Å². The van der Waals surface area contributed by atoms with Crippen molar-refractivity contribution in [3.8, 4) is 0 Å². The van der Waals surface area contributed by atoms with Gasteiger partial charge < -0.3 is 5.11 Å². The maximum absolute atomic E-state index is 13.0. The first kappa shape index (κ1) is 12.2. The maximum atomic E-state index is 13.0. The van der Waals surface area contributed by atoms with Gasteiger partial charge >= 0.3 is 0 Å². The molecule has 1 aliphatic carbocycles. The van der Waals surface area contributed by atoms with E-state index in [0.29, 0.717) is 32.1 Å². The van der Waals surface area contributed by atoms with Crippen LogP contribution in [-0.2, 0) is 11.2 Å². The number of carbonyl (C=O) groups is 1. The van der Waals surface area contributed by atoms with Gasteiger partial charge in [-0.2, -0.15) is 0 Å². The standard InChI is InChI=1S/C14H17FO2/c1-10-8-12(15)3-2-11(10)9-14(17)6-4-13(16)5-7-14/h2-3,8,17H,4-7,9H2,1H3. The molecule has 92 valence electrons. The summed E-state index contributed by atoms with van der Waals surface area (Å²) in [6.07, 6.45) is 2.45. The van der Waals surface area contributed by atoms with Crippen LogP contribution in [0.3, 0.4) is 0 Å². The summed E-state index contributed by atoms with van der Waals surface area (Å²) in [5.41, 5.74) is 1.02. The van der Waals surface area contributed by atoms with Gasteiger partial charge in [0.15, 0.2) is 0 Å². The highest BCUT2D eigenvalue weighted by Crippen LogP contribution is 2.30. The highest BCUT2D eigenvalue weighted by molar-refractivity contribution is 5.79. The van der Waals surface area contributed by atoms with Crippen molar-refractivity contribution in [2.24, 2.45) is 0 Å². The Hall–Kier alpha value is -1.22. The Morgan fingerprint density at radius 3 is 2.59 bits per heavy atom. The van der Waals surface area contributed by atoms with Crippen LogP contribution in [0.25, 0.3) is 0 Å². The normalized spacial score (nSPS) is 19.4. The van der Waals surface area contributed by atoms with Crippen LogP contribution < -0.4 is 0 Å². The van der Waals surface area contributed by atoms with E-state index in [0.717, 1.165) is 11.1 Å². The second kappa shape index (κ2) is 4.57. The van der Waals surface area contributed by atoms with Crippen LogP contribution in [-0.4, -0.2) is 16.5 Å². The summed E-state index contributed by atoms with van der Waals surface area (Å²) in [4.78, 5) is 11.2. The third-order valence-corrected chi connectivity index (χ3v) is 3.56. The van der Waals surface area contributed by atoms with E-state index >= 15 is 0 Å². The molecule has 1 saturated carbocycles. The third kappa shape index (κ3) is 2.91. The Balaban J connectivity index is 2.12. The number of aryl methyl sites for hydroxylation is 1. The average Bonchev–Trinajstić information content (AvgIpc) is 2.27. The number of hydrogen-bond acceptors (Lipinski definition) is 2. The topological polar surface area (TPSA) is 37.3 Å². The van der Waals surface area contributed by atoms with Crippen LogP contribution in [0.4, 0.5) is 4.39 Å². The van der Waals surface area contributed by atoms with Crippen molar-refractivity contribution in [3.05, 3.63) is 35.1 Å². The Labute approximate surface area is 100 Å². The first-order valence-electron chi connectivity index (χ1n) is 5.98. The molecule has 0 atom stereocenters. The van der Waals surface area contributed by atoms with Crippen LogP contribution in [0, 0.1) is 12.7 Å². The average molecular weight is 236 g/mol. The van der Waals surface area contributed by atoms with Crippen LogP contribution in [0.2, 0.25) is 0 Å². The first-order chi connectivity index (χ1) is 7.98. The lowest BCUT2D eigenvalue weighted by Crippen LogP contribution is -2.36. The van der Waals surface area contributed by atoms with Crippen molar-refractivity contribution >= 4 is 5.78 Å². The van der Waals surface area contributed by atoms with E-state index in [9.17, 15) is 14.3 Å². The van der Waals surface area contributed by atoms with E-state index in [1.807, 2.05) is 6.92 Å². The van der Waals surface area contributed by atoms with Gasteiger partial charge in [0.25, 0.3) is 0 Å². The number of benzene rings is 1. The van der Waals surface area contributed by atoms with Gasteiger partial charge in [0, 0.05) is 19.3 Å². The van der Waals surface area contributed by atoms with E-state index < -0.39 is 5.60 Å². The number of Topliss-reactive ketones (excluding diaryl/α,β-unsaturated/α-hetero) is 1. The molecule has 0 unspecified atom stereocenters. The van der Waals surface area contributed by atoms with Gasteiger partial charge in [-0.05, 0) is 43.0 Å². The minimum Gasteiger partial charge on any atom is -0.390 e. The summed E-state index contributed by atoms with van der Waals surface area (Å²) in [5.74, 6) is -0.0254. The minimum atomic E-state index is -0.795. The molecular formula is C14H17FO2. The molecule has 1 fully saturated rings. The molecule has 2 nitrogen and oxygen atoms in total. The Kier molecular flexibility index (Phi) is 3.29. The fourth-order valence-electron chi connectivity index (χ4n) is 2.38. The van der Waals surface area contributed by atoms with Crippen LogP contribution >= 0.6 is 0 Å². The van der Waals surface area contributed by atoms with Crippen molar-refractivity contribution < 1.29 is 14.3 Å². The van der Waals surface area contributed by atoms with Gasteiger partial charge in [-0.15, -0.1) is 0 Å². The molecule has 1 N–H and O–H groups in total. The van der Waals surface area contributed by atoms with Crippen molar-refractivity contribution in [1.29, 1.82) is 0 Å². The Morgan fingerprint density at radius 2 is 2.00 bits per heavy atom. The predicted octanol–water partition coefficient (Wildman–Crippen LogP) is 2.55. The Morgan fingerprint density at radius 1 is 1.35 bits per heavy atom. The van der Waals surface area contributed by atoms with Gasteiger partial charge in [0.05, 0.1) is 5.60 Å². The smallest absolute Gasteiger partial charge is 0.133 e. The zero-order valence-corrected chi connectivity index (χ0v) is 10.0. The van der Waals surface area contributed by atoms with Crippen molar-refractivity contribution in [2.75, 3.05) is 0 Å². The van der Waals surface area contributed by atoms with E-state index in [1.165, 1.54) is 12.1 Å². The van der Waals surface area contributed by atoms with Crippen LogP contribution in [0.1, 0.15) is 36.8 Å². The molecular weight excluding hydrogens is 219 g/mol. The van der Waals surface area contributed by atoms with Crippen LogP contribution in [0.15, 0.2) is 18.2 Å². The van der Waals surface area contributed by atoms with E-state index in [-0.39, 0.29) is 11.6 Å². The lowest BCUT2D eigenvalue weighted by atomic mass is 9.79. The summed E-state index contributed by atoms with van der Waals surface area (Å²) >= 11 is 0. The second-order valence-electron chi connectivity index (χ2n) is 5.01. The largest absolute Gasteiger partial charge is 0.390 e. The molecule has 2 rings (SSSR count). The van der Waals surface area contributed by atoms with Gasteiger partial charge in [0.1, 0.15) is 11.6 Å². The minimum absolute atomic E-state index is 0.227. The Bertz CT molecular complexity index is 430. The quantitative estimate of drug-likeness (QED) is 0.856. The lowest BCUT2D eigenvalue weighted by Gasteiger charge is -2.32. The number of ketones is 1. The van der Waals surface area contributed by atoms with E-state index in [4.69, 9.17) is 0 Å². The molecule has 0 radical (unpaired) electrons. The summed E-state index contributed by atoms with van der Waals surface area (Å²) in [6.45, 7) is 1.84. The number of hydrogen-bond donors (Lipinski definition) is 1. The molecule has 0 aliphatic heterocycles. The third-order valence-electron chi connectivity index (χ3n) is 3.56. The molecule has 0 saturated heterocycles. The van der Waals surface area contributed by atoms with Gasteiger partial charge in [-0.25, -0.2) is 4.39 Å². The van der Waals surface area contributed by atoms with Crippen molar-refractivity contribution in [2.45, 2.75) is 44.6 Å². The zero-order chi connectivity index (χ0) is 12.5. The molecule has 0 heterocycles. The number of carbonyl (C=O) groups excluding carboxylic acids is 1. The molecule has 0 amide bonds. The molecule has 17 heavy (non-hydrogen) atoms. The summed E-state index contributed by atoms with van der Waals surface area (Å²) < 4.78 is 13.0. The highest BCUT2D eigenvalue weighted by atomic mass is 19.1. The van der Waals surface area contributed by atoms with Crippen LogP contribution in [0.5, 0.6) is 0 Å². The van der Waals surface area contributed by atoms with Crippen molar-refractivity contribution in [1.82, 2.24) is 0 Å². The molecule has 0 bridgehead atoms. The fourth-order valence-corrected chi connectivity index (χ4v) is 2.38. The highest BCUT2D eigenvalue weighted by Gasteiger charge is 2.32. The number of halogens is 1. The summed E-state index contributed by atoms with van der Waals surface area (Å²) in [5, 5.41) is 10.4. The number of aliphatic hydroxyl groups is 1. The summed E-state index contributed by atoms with van der Waals surface area (Å²) in [6, 6.07) is 4.62. The molecule has 1 aliphatic rings. The summed E-state index contributed by atoms with van der Waals surface area (Å²) in [7, 11) is 0. The lowest BCUT2D eigenvalue weighted by molar-refractivity contribution is -0.125. The monoisotopic (exact) mass is 236 g/mol. The number of rotatable bonds is 2. The molecule has 1 aromatic rings.